The van der Waals surface area contributed by atoms with E-state index in [4.69, 9.17) is 34.8 Å². The van der Waals surface area contributed by atoms with Crippen LogP contribution in [0.15, 0.2) is 42.5 Å². The van der Waals surface area contributed by atoms with E-state index in [0.717, 1.165) is 22.6 Å². The van der Waals surface area contributed by atoms with Crippen LogP contribution in [0.2, 0.25) is 15.1 Å². The molecule has 0 radical (unpaired) electrons. The predicted octanol–water partition coefficient (Wildman–Crippen LogP) is 6.45. The van der Waals surface area contributed by atoms with E-state index in [-0.39, 0.29) is 12.1 Å². The maximum absolute atomic E-state index is 6.31. The van der Waals surface area contributed by atoms with Gasteiger partial charge < -0.3 is 5.32 Å². The molecule has 4 heteroatoms. The normalized spacial score (nSPS) is 14.0. The van der Waals surface area contributed by atoms with E-state index in [1.54, 1.807) is 6.07 Å². The molecule has 0 amide bonds. The largest absolute Gasteiger partial charge is 0.303 e. The van der Waals surface area contributed by atoms with Crippen molar-refractivity contribution in [3.05, 3.63) is 68.7 Å². The van der Waals surface area contributed by atoms with E-state index in [2.05, 4.69) is 19.2 Å². The fourth-order valence-corrected chi connectivity index (χ4v) is 3.27. The summed E-state index contributed by atoms with van der Waals surface area (Å²) in [5.74, 6) is 0. The number of hydrogen-bond acceptors (Lipinski definition) is 1. The molecule has 1 nitrogen and oxygen atoms in total. The van der Waals surface area contributed by atoms with E-state index in [1.807, 2.05) is 36.4 Å². The van der Waals surface area contributed by atoms with E-state index in [9.17, 15) is 0 Å². The van der Waals surface area contributed by atoms with E-state index in [1.165, 1.54) is 0 Å². The molecule has 0 aromatic heterocycles. The van der Waals surface area contributed by atoms with Crippen LogP contribution in [0.1, 0.15) is 43.5 Å². The van der Waals surface area contributed by atoms with Crippen LogP contribution < -0.4 is 5.32 Å². The van der Waals surface area contributed by atoms with Gasteiger partial charge in [-0.2, -0.15) is 0 Å². The zero-order chi connectivity index (χ0) is 15.4. The highest BCUT2D eigenvalue weighted by molar-refractivity contribution is 6.35. The number of benzene rings is 2. The summed E-state index contributed by atoms with van der Waals surface area (Å²) in [6, 6.07) is 13.8. The van der Waals surface area contributed by atoms with Gasteiger partial charge in [-0.25, -0.2) is 0 Å². The highest BCUT2D eigenvalue weighted by Crippen LogP contribution is 2.31. The lowest BCUT2D eigenvalue weighted by Gasteiger charge is -2.24. The minimum Gasteiger partial charge on any atom is -0.303 e. The Morgan fingerprint density at radius 1 is 0.952 bits per heavy atom. The van der Waals surface area contributed by atoms with Crippen molar-refractivity contribution in [2.45, 2.75) is 32.4 Å². The highest BCUT2D eigenvalue weighted by Gasteiger charge is 2.17. The maximum atomic E-state index is 6.31. The second kappa shape index (κ2) is 7.51. The molecule has 0 bridgehead atoms. The van der Waals surface area contributed by atoms with Crippen LogP contribution in [0, 0.1) is 0 Å². The molecule has 1 N–H and O–H groups in total. The summed E-state index contributed by atoms with van der Waals surface area (Å²) >= 11 is 18.5. The van der Waals surface area contributed by atoms with Crippen LogP contribution in [0.4, 0.5) is 0 Å². The molecule has 112 valence electrons. The van der Waals surface area contributed by atoms with Gasteiger partial charge in [0.25, 0.3) is 0 Å². The lowest BCUT2D eigenvalue weighted by atomic mass is 10.0. The fourth-order valence-electron chi connectivity index (χ4n) is 2.43. The molecular formula is C17H18Cl3N. The van der Waals surface area contributed by atoms with Gasteiger partial charge in [-0.15, -0.1) is 0 Å². The molecule has 0 saturated heterocycles. The lowest BCUT2D eigenvalue weighted by molar-refractivity contribution is 0.456. The number of rotatable bonds is 5. The molecule has 2 aromatic carbocycles. The van der Waals surface area contributed by atoms with Crippen molar-refractivity contribution in [2.75, 3.05) is 0 Å². The molecule has 0 aliphatic carbocycles. The quantitative estimate of drug-likeness (QED) is 0.658. The van der Waals surface area contributed by atoms with Crippen LogP contribution in [-0.2, 0) is 0 Å². The summed E-state index contributed by atoms with van der Waals surface area (Å²) in [6.07, 6.45) is 0.927. The van der Waals surface area contributed by atoms with Crippen molar-refractivity contribution in [3.8, 4) is 0 Å². The first-order valence-electron chi connectivity index (χ1n) is 6.98. The molecule has 0 fully saturated rings. The van der Waals surface area contributed by atoms with Gasteiger partial charge in [-0.3, -0.25) is 0 Å². The molecule has 0 spiro atoms. The van der Waals surface area contributed by atoms with Gasteiger partial charge in [-0.1, -0.05) is 66.0 Å². The number of nitrogens with one attached hydrogen (secondary N) is 1. The minimum atomic E-state index is 0.135. The second-order valence-electron chi connectivity index (χ2n) is 5.04. The average molecular weight is 343 g/mol. The maximum Gasteiger partial charge on any atom is 0.0468 e. The average Bonchev–Trinajstić information content (AvgIpc) is 2.45. The fraction of sp³-hybridized carbons (Fsp3) is 0.294. The van der Waals surface area contributed by atoms with Gasteiger partial charge in [0.2, 0.25) is 0 Å². The Morgan fingerprint density at radius 3 is 2.29 bits per heavy atom. The third-order valence-corrected chi connectivity index (χ3v) is 4.48. The van der Waals surface area contributed by atoms with Crippen LogP contribution in [0.25, 0.3) is 0 Å². The summed E-state index contributed by atoms with van der Waals surface area (Å²) in [5, 5.41) is 5.70. The highest BCUT2D eigenvalue weighted by atomic mass is 35.5. The molecule has 0 heterocycles. The molecule has 0 aliphatic heterocycles. The van der Waals surface area contributed by atoms with Crippen LogP contribution in [-0.4, -0.2) is 0 Å². The predicted molar refractivity (Wildman–Crippen MR) is 92.5 cm³/mol. The van der Waals surface area contributed by atoms with Crippen molar-refractivity contribution in [3.63, 3.8) is 0 Å². The summed E-state index contributed by atoms with van der Waals surface area (Å²) in [5.41, 5.74) is 2.14. The van der Waals surface area contributed by atoms with Gasteiger partial charge in [-0.05, 0) is 42.7 Å². The zero-order valence-electron chi connectivity index (χ0n) is 12.0. The van der Waals surface area contributed by atoms with Crippen LogP contribution >= 0.6 is 34.8 Å². The Kier molecular flexibility index (Phi) is 5.95. The van der Waals surface area contributed by atoms with Crippen molar-refractivity contribution < 1.29 is 0 Å². The summed E-state index contributed by atoms with van der Waals surface area (Å²) in [4.78, 5) is 0. The smallest absolute Gasteiger partial charge is 0.0468 e. The number of halogens is 3. The molecule has 2 atom stereocenters. The van der Waals surface area contributed by atoms with Crippen molar-refractivity contribution in [1.29, 1.82) is 0 Å². The van der Waals surface area contributed by atoms with Crippen molar-refractivity contribution in [2.24, 2.45) is 0 Å². The second-order valence-corrected chi connectivity index (χ2v) is 6.29. The summed E-state index contributed by atoms with van der Waals surface area (Å²) in [7, 11) is 0. The first kappa shape index (κ1) is 16.6. The monoisotopic (exact) mass is 341 g/mol. The molecule has 2 aromatic rings. The summed E-state index contributed by atoms with van der Waals surface area (Å²) in [6.45, 7) is 4.23. The third-order valence-electron chi connectivity index (χ3n) is 3.57. The first-order chi connectivity index (χ1) is 10.0. The van der Waals surface area contributed by atoms with Gasteiger partial charge in [0.15, 0.2) is 0 Å². The Labute approximate surface area is 141 Å². The van der Waals surface area contributed by atoms with E-state index in [0.29, 0.717) is 10.0 Å². The molecule has 2 rings (SSSR count). The van der Waals surface area contributed by atoms with Crippen LogP contribution in [0.3, 0.4) is 0 Å². The third kappa shape index (κ3) is 4.14. The van der Waals surface area contributed by atoms with E-state index >= 15 is 0 Å². The molecular weight excluding hydrogens is 325 g/mol. The molecule has 0 saturated carbocycles. The number of hydrogen-bond donors (Lipinski definition) is 1. The summed E-state index contributed by atoms with van der Waals surface area (Å²) < 4.78 is 0. The molecule has 0 aliphatic rings. The Hall–Kier alpha value is -0.730. The zero-order valence-corrected chi connectivity index (χ0v) is 14.3. The topological polar surface area (TPSA) is 12.0 Å². The standard InChI is InChI=1S/C17H18Cl3N/c1-3-17(14-9-8-12(18)10-16(14)20)21-11(2)13-6-4-5-7-15(13)19/h4-11,17,21H,3H2,1-2H3/t11-,17?/m1/s1. The Balaban J connectivity index is 2.21. The minimum absolute atomic E-state index is 0.135. The Bertz CT molecular complexity index is 613. The Morgan fingerprint density at radius 2 is 1.67 bits per heavy atom. The van der Waals surface area contributed by atoms with Crippen LogP contribution in [0.5, 0.6) is 0 Å². The molecule has 21 heavy (non-hydrogen) atoms. The van der Waals surface area contributed by atoms with E-state index < -0.39 is 0 Å². The van der Waals surface area contributed by atoms with Gasteiger partial charge in [0, 0.05) is 27.2 Å². The van der Waals surface area contributed by atoms with Crippen molar-refractivity contribution in [1.82, 2.24) is 5.32 Å². The molecule has 1 unspecified atom stereocenters. The lowest BCUT2D eigenvalue weighted by Crippen LogP contribution is -2.24. The first-order valence-corrected chi connectivity index (χ1v) is 8.11. The SMILES string of the molecule is CCC(N[C@H](C)c1ccccc1Cl)c1ccc(Cl)cc1Cl. The van der Waals surface area contributed by atoms with Gasteiger partial charge >= 0.3 is 0 Å². The van der Waals surface area contributed by atoms with Crippen molar-refractivity contribution >= 4 is 34.8 Å². The van der Waals surface area contributed by atoms with Gasteiger partial charge in [0.1, 0.15) is 0 Å². The van der Waals surface area contributed by atoms with Gasteiger partial charge in [0.05, 0.1) is 0 Å².